The molecular formula is C20H21N5OS. The van der Waals surface area contributed by atoms with Gasteiger partial charge in [-0.05, 0) is 36.0 Å². The van der Waals surface area contributed by atoms with Crippen LogP contribution in [0.25, 0.3) is 21.2 Å². The monoisotopic (exact) mass is 379 g/mol. The van der Waals surface area contributed by atoms with E-state index in [1.54, 1.807) is 25.4 Å². The number of aliphatic imine (C=N–C) groups is 2. The summed E-state index contributed by atoms with van der Waals surface area (Å²) in [5, 5.41) is 3.91. The Labute approximate surface area is 162 Å². The van der Waals surface area contributed by atoms with Crippen LogP contribution >= 0.6 is 11.3 Å². The zero-order chi connectivity index (χ0) is 19.4. The van der Waals surface area contributed by atoms with Crippen LogP contribution in [0.2, 0.25) is 0 Å². The van der Waals surface area contributed by atoms with Gasteiger partial charge in [0, 0.05) is 41.3 Å². The van der Waals surface area contributed by atoms with Crippen LogP contribution in [-0.2, 0) is 6.54 Å². The van der Waals surface area contributed by atoms with Crippen molar-refractivity contribution in [3.63, 3.8) is 0 Å². The van der Waals surface area contributed by atoms with Gasteiger partial charge in [0.25, 0.3) is 0 Å². The average molecular weight is 379 g/mol. The van der Waals surface area contributed by atoms with Crippen LogP contribution in [0.3, 0.4) is 0 Å². The molecular weight excluding hydrogens is 358 g/mol. The van der Waals surface area contributed by atoms with Crippen molar-refractivity contribution in [2.24, 2.45) is 15.7 Å². The first-order valence-corrected chi connectivity index (χ1v) is 9.17. The van der Waals surface area contributed by atoms with E-state index in [2.05, 4.69) is 28.1 Å². The van der Waals surface area contributed by atoms with E-state index in [0.717, 1.165) is 37.5 Å². The highest BCUT2D eigenvalue weighted by Gasteiger charge is 2.12. The van der Waals surface area contributed by atoms with Crippen molar-refractivity contribution in [2.75, 3.05) is 19.4 Å². The fourth-order valence-electron chi connectivity index (χ4n) is 2.70. The molecule has 0 fully saturated rings. The molecule has 0 aliphatic carbocycles. The van der Waals surface area contributed by atoms with Crippen LogP contribution in [0.1, 0.15) is 4.88 Å². The lowest BCUT2D eigenvalue weighted by molar-refractivity contribution is 0.230. The SMILES string of the molecule is C=NC=Nc1c(CN)sc2cc(-c3cccc(NC(=O)N(C)C)c3)ccc12. The zero-order valence-corrected chi connectivity index (χ0v) is 16.1. The Balaban J connectivity index is 1.99. The van der Waals surface area contributed by atoms with Gasteiger partial charge >= 0.3 is 6.03 Å². The molecule has 0 saturated heterocycles. The van der Waals surface area contributed by atoms with Crippen LogP contribution in [0, 0.1) is 0 Å². The minimum Gasteiger partial charge on any atom is -0.331 e. The molecule has 0 unspecified atom stereocenters. The lowest BCUT2D eigenvalue weighted by atomic mass is 10.0. The number of anilines is 1. The summed E-state index contributed by atoms with van der Waals surface area (Å²) in [4.78, 5) is 22.4. The number of rotatable bonds is 5. The second-order valence-corrected chi connectivity index (χ2v) is 7.26. The van der Waals surface area contributed by atoms with Crippen molar-refractivity contribution in [3.8, 4) is 11.1 Å². The molecule has 3 rings (SSSR count). The van der Waals surface area contributed by atoms with Gasteiger partial charge in [-0.3, -0.25) is 4.99 Å². The number of fused-ring (bicyclic) bond motifs is 1. The number of urea groups is 1. The number of thiophene rings is 1. The lowest BCUT2D eigenvalue weighted by Gasteiger charge is -2.12. The Bertz CT molecular complexity index is 1020. The van der Waals surface area contributed by atoms with E-state index in [1.807, 2.05) is 36.4 Å². The van der Waals surface area contributed by atoms with Crippen LogP contribution in [0.4, 0.5) is 16.2 Å². The maximum Gasteiger partial charge on any atom is 0.321 e. The zero-order valence-electron chi connectivity index (χ0n) is 15.3. The minimum atomic E-state index is -0.160. The molecule has 2 aromatic carbocycles. The van der Waals surface area contributed by atoms with E-state index < -0.39 is 0 Å². The minimum absolute atomic E-state index is 0.160. The Kier molecular flexibility index (Phi) is 5.63. The van der Waals surface area contributed by atoms with Crippen molar-refractivity contribution >= 4 is 51.9 Å². The molecule has 3 aromatic rings. The molecule has 138 valence electrons. The number of carbonyl (C=O) groups excluding carboxylic acids is 1. The third-order valence-corrected chi connectivity index (χ3v) is 5.21. The first-order valence-electron chi connectivity index (χ1n) is 8.36. The second-order valence-electron chi connectivity index (χ2n) is 6.12. The molecule has 0 aliphatic rings. The van der Waals surface area contributed by atoms with Crippen LogP contribution in [0.15, 0.2) is 52.4 Å². The summed E-state index contributed by atoms with van der Waals surface area (Å²) in [6, 6.07) is 13.8. The number of amides is 2. The molecule has 0 radical (unpaired) electrons. The van der Waals surface area contributed by atoms with Crippen molar-refractivity contribution in [1.29, 1.82) is 0 Å². The van der Waals surface area contributed by atoms with Gasteiger partial charge in [-0.2, -0.15) is 0 Å². The maximum atomic E-state index is 11.9. The van der Waals surface area contributed by atoms with Crippen molar-refractivity contribution in [2.45, 2.75) is 6.54 Å². The fraction of sp³-hybridized carbons (Fsp3) is 0.150. The molecule has 0 bridgehead atoms. The molecule has 1 heterocycles. The van der Waals surface area contributed by atoms with Gasteiger partial charge in [-0.15, -0.1) is 11.3 Å². The predicted octanol–water partition coefficient (Wildman–Crippen LogP) is 4.48. The molecule has 7 heteroatoms. The Morgan fingerprint density at radius 2 is 2.04 bits per heavy atom. The molecule has 6 nitrogen and oxygen atoms in total. The normalized spacial score (nSPS) is 11.1. The second kappa shape index (κ2) is 8.11. The smallest absolute Gasteiger partial charge is 0.321 e. The van der Waals surface area contributed by atoms with Crippen molar-refractivity contribution in [3.05, 3.63) is 47.3 Å². The van der Waals surface area contributed by atoms with Crippen molar-refractivity contribution < 1.29 is 4.79 Å². The van der Waals surface area contributed by atoms with E-state index in [4.69, 9.17) is 5.73 Å². The van der Waals surface area contributed by atoms with Gasteiger partial charge in [-0.25, -0.2) is 9.79 Å². The summed E-state index contributed by atoms with van der Waals surface area (Å²) in [5.41, 5.74) is 9.56. The van der Waals surface area contributed by atoms with Crippen molar-refractivity contribution in [1.82, 2.24) is 4.90 Å². The van der Waals surface area contributed by atoms with Gasteiger partial charge in [0.05, 0.1) is 5.69 Å². The van der Waals surface area contributed by atoms with Gasteiger partial charge < -0.3 is 16.0 Å². The average Bonchev–Trinajstić information content (AvgIpc) is 3.03. The fourth-order valence-corrected chi connectivity index (χ4v) is 3.77. The molecule has 0 atom stereocenters. The third-order valence-electron chi connectivity index (χ3n) is 4.04. The van der Waals surface area contributed by atoms with E-state index in [0.29, 0.717) is 6.54 Å². The molecule has 0 aliphatic heterocycles. The van der Waals surface area contributed by atoms with E-state index >= 15 is 0 Å². The van der Waals surface area contributed by atoms with Crippen LogP contribution in [0.5, 0.6) is 0 Å². The van der Waals surface area contributed by atoms with E-state index in [-0.39, 0.29) is 6.03 Å². The highest BCUT2D eigenvalue weighted by Crippen LogP contribution is 2.39. The Morgan fingerprint density at radius 3 is 2.74 bits per heavy atom. The molecule has 3 N–H and O–H groups in total. The standard InChI is InChI=1S/C20H21N5OS/c1-22-12-23-19-16-8-7-14(10-17(16)27-18(19)11-21)13-5-4-6-15(9-13)24-20(26)25(2)3/h4-10,12H,1,11,21H2,2-3H3,(H,24,26). The topological polar surface area (TPSA) is 83.1 Å². The molecule has 27 heavy (non-hydrogen) atoms. The summed E-state index contributed by atoms with van der Waals surface area (Å²) >= 11 is 1.62. The number of benzene rings is 2. The third kappa shape index (κ3) is 4.05. The number of hydrogen-bond acceptors (Lipinski definition) is 4. The van der Waals surface area contributed by atoms with Gasteiger partial charge in [-0.1, -0.05) is 24.3 Å². The van der Waals surface area contributed by atoms with Crippen LogP contribution < -0.4 is 11.1 Å². The molecule has 0 saturated carbocycles. The molecule has 0 spiro atoms. The lowest BCUT2D eigenvalue weighted by Crippen LogP contribution is -2.27. The number of hydrogen-bond donors (Lipinski definition) is 2. The quantitative estimate of drug-likeness (QED) is 0.506. The number of nitrogens with two attached hydrogens (primary N) is 1. The number of nitrogens with one attached hydrogen (secondary N) is 1. The highest BCUT2D eigenvalue weighted by molar-refractivity contribution is 7.19. The van der Waals surface area contributed by atoms with Gasteiger partial charge in [0.15, 0.2) is 0 Å². The summed E-state index contributed by atoms with van der Waals surface area (Å²) in [6.45, 7) is 3.85. The first kappa shape index (κ1) is 18.8. The largest absolute Gasteiger partial charge is 0.331 e. The van der Waals surface area contributed by atoms with Gasteiger partial charge in [0.1, 0.15) is 6.34 Å². The van der Waals surface area contributed by atoms with E-state index in [1.165, 1.54) is 11.2 Å². The number of carbonyl (C=O) groups is 1. The molecule has 2 amide bonds. The summed E-state index contributed by atoms with van der Waals surface area (Å²) < 4.78 is 1.10. The predicted molar refractivity (Wildman–Crippen MR) is 116 cm³/mol. The summed E-state index contributed by atoms with van der Waals surface area (Å²) in [5.74, 6) is 0. The highest BCUT2D eigenvalue weighted by atomic mass is 32.1. The molecule has 1 aromatic heterocycles. The van der Waals surface area contributed by atoms with Crippen LogP contribution in [-0.4, -0.2) is 38.1 Å². The Morgan fingerprint density at radius 1 is 1.26 bits per heavy atom. The summed E-state index contributed by atoms with van der Waals surface area (Å²) in [6.07, 6.45) is 1.44. The Hall–Kier alpha value is -3.03. The maximum absolute atomic E-state index is 11.9. The number of nitrogens with zero attached hydrogens (tertiary/aromatic N) is 3. The van der Waals surface area contributed by atoms with E-state index in [9.17, 15) is 4.79 Å². The summed E-state index contributed by atoms with van der Waals surface area (Å²) in [7, 11) is 3.42. The van der Waals surface area contributed by atoms with Gasteiger partial charge in [0.2, 0.25) is 0 Å². The first-order chi connectivity index (χ1) is 13.0.